The number of aliphatic hydroxyl groups excluding tert-OH is 1. The molecule has 0 aliphatic carbocycles. The van der Waals surface area contributed by atoms with Crippen LogP contribution >= 0.6 is 0 Å². The van der Waals surface area contributed by atoms with Gasteiger partial charge >= 0.3 is 0 Å². The second kappa shape index (κ2) is 9.23. The number of carbonyl (C=O) groups excluding carboxylic acids is 2. The van der Waals surface area contributed by atoms with Gasteiger partial charge in [-0.3, -0.25) is 14.6 Å². The third-order valence-electron chi connectivity index (χ3n) is 6.53. The van der Waals surface area contributed by atoms with E-state index in [2.05, 4.69) is 4.98 Å². The van der Waals surface area contributed by atoms with E-state index in [9.17, 15) is 14.7 Å². The molecule has 33 heavy (non-hydrogen) atoms. The molecule has 0 unspecified atom stereocenters. The highest BCUT2D eigenvalue weighted by molar-refractivity contribution is 5.94. The van der Waals surface area contributed by atoms with Crippen molar-refractivity contribution in [3.05, 3.63) is 66.2 Å². The van der Waals surface area contributed by atoms with Crippen LogP contribution in [0.2, 0.25) is 0 Å². The molecule has 2 aliphatic rings. The van der Waals surface area contributed by atoms with Crippen molar-refractivity contribution in [2.24, 2.45) is 5.92 Å². The molecule has 0 spiro atoms. The Morgan fingerprint density at radius 1 is 1.18 bits per heavy atom. The Bertz CT molecular complexity index is 1140. The Morgan fingerprint density at radius 2 is 2.03 bits per heavy atom. The number of carbonyl (C=O) groups is 2. The zero-order chi connectivity index (χ0) is 22.8. The number of aromatic nitrogens is 2. The monoisotopic (exact) mass is 448 g/mol. The first kappa shape index (κ1) is 21.5. The normalized spacial score (nSPS) is 20.7. The third kappa shape index (κ3) is 4.71. The van der Waals surface area contributed by atoms with Gasteiger partial charge in [0.25, 0.3) is 5.91 Å². The summed E-state index contributed by atoms with van der Waals surface area (Å²) < 4.78 is 7.75. The third-order valence-corrected chi connectivity index (χ3v) is 6.53. The van der Waals surface area contributed by atoms with Gasteiger partial charge in [-0.2, -0.15) is 0 Å². The topological polar surface area (TPSA) is 87.4 Å². The van der Waals surface area contributed by atoms with Crippen molar-refractivity contribution in [3.63, 3.8) is 0 Å². The number of hydrogen-bond donors (Lipinski definition) is 1. The lowest BCUT2D eigenvalue weighted by Crippen LogP contribution is -2.29. The number of benzene rings is 1. The van der Waals surface area contributed by atoms with Gasteiger partial charge in [-0.05, 0) is 49.2 Å². The second-order valence-corrected chi connectivity index (χ2v) is 8.82. The Kier molecular flexibility index (Phi) is 6.00. The van der Waals surface area contributed by atoms with E-state index in [4.69, 9.17) is 4.74 Å². The van der Waals surface area contributed by atoms with Crippen molar-refractivity contribution < 1.29 is 19.4 Å². The van der Waals surface area contributed by atoms with Gasteiger partial charge in [0.1, 0.15) is 12.4 Å². The van der Waals surface area contributed by atoms with Gasteiger partial charge in [0.15, 0.2) is 0 Å². The number of β-amino-alcohol motifs (C(OH)–C–C–N with tert-alkyl or cyclic N) is 1. The fourth-order valence-corrected chi connectivity index (χ4v) is 4.66. The van der Waals surface area contributed by atoms with Crippen molar-refractivity contribution in [1.29, 1.82) is 0 Å². The van der Waals surface area contributed by atoms with Crippen LogP contribution in [0.25, 0.3) is 5.52 Å². The molecule has 8 nitrogen and oxygen atoms in total. The van der Waals surface area contributed by atoms with Gasteiger partial charge in [-0.25, -0.2) is 0 Å². The number of hydrogen-bond acceptors (Lipinski definition) is 5. The number of ether oxygens (including phenoxy) is 1. The molecule has 5 rings (SSSR count). The summed E-state index contributed by atoms with van der Waals surface area (Å²) in [5.41, 5.74) is 2.49. The molecular weight excluding hydrogens is 420 g/mol. The summed E-state index contributed by atoms with van der Waals surface area (Å²) in [6, 6.07) is 11.0. The van der Waals surface area contributed by atoms with Crippen LogP contribution in [0.5, 0.6) is 5.75 Å². The van der Waals surface area contributed by atoms with Crippen LogP contribution in [0.3, 0.4) is 0 Å². The van der Waals surface area contributed by atoms with Crippen molar-refractivity contribution in [2.75, 3.05) is 32.8 Å². The molecule has 8 heteroatoms. The number of likely N-dealkylation sites (tertiary alicyclic amines) is 2. The smallest absolute Gasteiger partial charge is 0.253 e. The van der Waals surface area contributed by atoms with Crippen molar-refractivity contribution >= 4 is 17.3 Å². The summed E-state index contributed by atoms with van der Waals surface area (Å²) in [6.45, 7) is 2.63. The summed E-state index contributed by atoms with van der Waals surface area (Å²) in [7, 11) is 0. The maximum atomic E-state index is 13.0. The van der Waals surface area contributed by atoms with Gasteiger partial charge in [0.2, 0.25) is 5.91 Å². The van der Waals surface area contributed by atoms with Crippen LogP contribution < -0.4 is 4.74 Å². The van der Waals surface area contributed by atoms with E-state index in [0.29, 0.717) is 50.4 Å². The predicted molar refractivity (Wildman–Crippen MR) is 122 cm³/mol. The van der Waals surface area contributed by atoms with Crippen molar-refractivity contribution in [2.45, 2.75) is 25.4 Å². The summed E-state index contributed by atoms with van der Waals surface area (Å²) in [5.74, 6) is 0.709. The molecule has 2 saturated heterocycles. The quantitative estimate of drug-likeness (QED) is 0.598. The minimum Gasteiger partial charge on any atom is -0.492 e. The lowest BCUT2D eigenvalue weighted by atomic mass is 10.0. The number of fused-ring (bicyclic) bond motifs is 1. The van der Waals surface area contributed by atoms with Crippen molar-refractivity contribution in [3.8, 4) is 5.75 Å². The van der Waals surface area contributed by atoms with Gasteiger partial charge in [0, 0.05) is 49.9 Å². The number of amides is 2. The van der Waals surface area contributed by atoms with E-state index < -0.39 is 6.10 Å². The van der Waals surface area contributed by atoms with Crippen molar-refractivity contribution in [1.82, 2.24) is 19.2 Å². The van der Waals surface area contributed by atoms with E-state index in [1.807, 2.05) is 40.0 Å². The molecule has 4 heterocycles. The van der Waals surface area contributed by atoms with E-state index in [1.54, 1.807) is 29.2 Å². The van der Waals surface area contributed by atoms with Crippen LogP contribution in [0.1, 0.15) is 28.9 Å². The number of nitrogens with zero attached hydrogens (tertiary/aromatic N) is 4. The molecule has 2 atom stereocenters. The van der Waals surface area contributed by atoms with Gasteiger partial charge in [0.05, 0.1) is 30.1 Å². The maximum absolute atomic E-state index is 13.0. The standard InChI is InChI=1S/C25H28N4O4/c30-23-17-29(15-19(23)13-20-16-28-10-1-3-21(28)14-26-20)25(32)18-5-7-22(8-6-18)33-12-11-27-9-2-4-24(27)31/h1,3,5-8,10,14,16,19,23,30H,2,4,9,11-13,15,17H2/t19-,23+/m1/s1. The van der Waals surface area contributed by atoms with Gasteiger partial charge in [-0.15, -0.1) is 0 Å². The zero-order valence-corrected chi connectivity index (χ0v) is 18.5. The zero-order valence-electron chi connectivity index (χ0n) is 18.5. The molecule has 3 aromatic rings. The Labute approximate surface area is 192 Å². The first-order chi connectivity index (χ1) is 16.1. The molecule has 0 radical (unpaired) electrons. The molecule has 2 amide bonds. The van der Waals surface area contributed by atoms with Crippen LogP contribution in [-0.4, -0.2) is 75.0 Å². The van der Waals surface area contributed by atoms with E-state index in [1.165, 1.54) is 0 Å². The van der Waals surface area contributed by atoms with Gasteiger partial charge in [-0.1, -0.05) is 0 Å². The Balaban J connectivity index is 1.15. The minimum atomic E-state index is -0.577. The average Bonchev–Trinajstić information content (AvgIpc) is 3.54. The summed E-state index contributed by atoms with van der Waals surface area (Å²) >= 11 is 0. The predicted octanol–water partition coefficient (Wildman–Crippen LogP) is 2.01. The fraction of sp³-hybridized carbons (Fsp3) is 0.400. The lowest BCUT2D eigenvalue weighted by Gasteiger charge is -2.17. The molecule has 0 saturated carbocycles. The van der Waals surface area contributed by atoms with E-state index in [0.717, 1.165) is 24.2 Å². The summed E-state index contributed by atoms with van der Waals surface area (Å²) in [4.78, 5) is 32.7. The number of rotatable bonds is 7. The van der Waals surface area contributed by atoms with E-state index in [-0.39, 0.29) is 17.7 Å². The Hall–Kier alpha value is -3.39. The van der Waals surface area contributed by atoms with Crippen LogP contribution in [0.15, 0.2) is 55.0 Å². The number of aliphatic hydroxyl groups is 1. The summed E-state index contributed by atoms with van der Waals surface area (Å²) in [6.07, 6.45) is 7.36. The molecule has 172 valence electrons. The highest BCUT2D eigenvalue weighted by atomic mass is 16.5. The molecule has 1 N–H and O–H groups in total. The first-order valence-corrected chi connectivity index (χ1v) is 11.5. The largest absolute Gasteiger partial charge is 0.492 e. The molecule has 2 fully saturated rings. The highest BCUT2D eigenvalue weighted by Crippen LogP contribution is 2.24. The molecule has 1 aromatic carbocycles. The second-order valence-electron chi connectivity index (χ2n) is 8.82. The summed E-state index contributed by atoms with van der Waals surface area (Å²) in [5, 5.41) is 10.6. The Morgan fingerprint density at radius 3 is 2.82 bits per heavy atom. The lowest BCUT2D eigenvalue weighted by molar-refractivity contribution is -0.128. The first-order valence-electron chi connectivity index (χ1n) is 11.5. The van der Waals surface area contributed by atoms with Crippen LogP contribution in [0.4, 0.5) is 0 Å². The molecule has 2 aliphatic heterocycles. The molecular formula is C25H28N4O4. The SMILES string of the molecule is O=C1CCCN1CCOc1ccc(C(=O)N2C[C@@H](Cc3cn4cccc4cn3)[C@@H](O)C2)cc1. The van der Waals surface area contributed by atoms with Gasteiger partial charge < -0.3 is 24.0 Å². The highest BCUT2D eigenvalue weighted by Gasteiger charge is 2.34. The van der Waals surface area contributed by atoms with E-state index >= 15 is 0 Å². The molecule has 2 aromatic heterocycles. The molecule has 0 bridgehead atoms. The maximum Gasteiger partial charge on any atom is 0.253 e. The fourth-order valence-electron chi connectivity index (χ4n) is 4.66. The average molecular weight is 449 g/mol. The van der Waals surface area contributed by atoms with Crippen LogP contribution in [0, 0.1) is 5.92 Å². The minimum absolute atomic E-state index is 0.0506. The van der Waals surface area contributed by atoms with Crippen LogP contribution in [-0.2, 0) is 11.2 Å².